The zero-order valence-electron chi connectivity index (χ0n) is 7.66. The van der Waals surface area contributed by atoms with Crippen LogP contribution in [0.15, 0.2) is 22.9 Å². The van der Waals surface area contributed by atoms with E-state index in [9.17, 15) is 0 Å². The third-order valence-corrected chi connectivity index (χ3v) is 4.42. The van der Waals surface area contributed by atoms with Crippen molar-refractivity contribution in [3.8, 4) is 0 Å². The highest BCUT2D eigenvalue weighted by Crippen LogP contribution is 2.33. The van der Waals surface area contributed by atoms with Gasteiger partial charge in [0, 0.05) is 4.88 Å². The van der Waals surface area contributed by atoms with E-state index in [1.165, 1.54) is 0 Å². The summed E-state index contributed by atoms with van der Waals surface area (Å²) in [6.45, 7) is 2.00. The molecule has 2 aromatic heterocycles. The highest BCUT2D eigenvalue weighted by molar-refractivity contribution is 7.16. The van der Waals surface area contributed by atoms with E-state index in [4.69, 9.17) is 17.3 Å². The summed E-state index contributed by atoms with van der Waals surface area (Å²) in [4.78, 5) is 1.13. The molecule has 0 saturated carbocycles. The van der Waals surface area contributed by atoms with Gasteiger partial charge in [-0.05, 0) is 40.9 Å². The van der Waals surface area contributed by atoms with Crippen LogP contribution >= 0.6 is 34.3 Å². The highest BCUT2D eigenvalue weighted by atomic mass is 35.5. The standard InChI is InChI=1S/C10H10ClNS2/c1-6-4-8(14-10(6)11)9(12)7-2-3-13-5-7/h2-5,9H,12H2,1H3. The predicted molar refractivity (Wildman–Crippen MR) is 64.4 cm³/mol. The molecule has 0 aliphatic heterocycles. The van der Waals surface area contributed by atoms with Crippen LogP contribution in [0.2, 0.25) is 4.34 Å². The Morgan fingerprint density at radius 1 is 1.50 bits per heavy atom. The second kappa shape index (κ2) is 4.03. The topological polar surface area (TPSA) is 26.0 Å². The number of hydrogen-bond acceptors (Lipinski definition) is 3. The minimum atomic E-state index is -0.0301. The van der Waals surface area contributed by atoms with Gasteiger partial charge in [0.15, 0.2) is 0 Å². The summed E-state index contributed by atoms with van der Waals surface area (Å²) in [7, 11) is 0. The van der Waals surface area contributed by atoms with Crippen molar-refractivity contribution in [2.24, 2.45) is 5.73 Å². The van der Waals surface area contributed by atoms with Crippen LogP contribution in [-0.2, 0) is 0 Å². The number of nitrogens with two attached hydrogens (primary N) is 1. The fraction of sp³-hybridized carbons (Fsp3) is 0.200. The van der Waals surface area contributed by atoms with Gasteiger partial charge in [0.05, 0.1) is 10.4 Å². The molecule has 0 saturated heterocycles. The van der Waals surface area contributed by atoms with Gasteiger partial charge in [-0.25, -0.2) is 0 Å². The maximum atomic E-state index is 6.10. The predicted octanol–water partition coefficient (Wildman–Crippen LogP) is 3.82. The average Bonchev–Trinajstić information content (AvgIpc) is 2.76. The van der Waals surface area contributed by atoms with Gasteiger partial charge in [-0.15, -0.1) is 11.3 Å². The molecule has 14 heavy (non-hydrogen) atoms. The second-order valence-electron chi connectivity index (χ2n) is 3.14. The fourth-order valence-electron chi connectivity index (χ4n) is 1.25. The van der Waals surface area contributed by atoms with Crippen LogP contribution in [0.4, 0.5) is 0 Å². The summed E-state index contributed by atoms with van der Waals surface area (Å²) in [6, 6.07) is 4.09. The summed E-state index contributed by atoms with van der Waals surface area (Å²) in [5, 5.41) is 4.12. The van der Waals surface area contributed by atoms with Crippen LogP contribution in [0, 0.1) is 6.92 Å². The van der Waals surface area contributed by atoms with E-state index in [2.05, 4.69) is 17.5 Å². The first-order valence-corrected chi connectivity index (χ1v) is 6.35. The Kier molecular flexibility index (Phi) is 2.93. The Bertz CT molecular complexity index is 400. The van der Waals surface area contributed by atoms with E-state index >= 15 is 0 Å². The third kappa shape index (κ3) is 1.86. The molecule has 0 fully saturated rings. The largest absolute Gasteiger partial charge is 0.320 e. The molecule has 2 aromatic rings. The van der Waals surface area contributed by atoms with Crippen molar-refractivity contribution in [1.29, 1.82) is 0 Å². The molecule has 0 aromatic carbocycles. The van der Waals surface area contributed by atoms with Gasteiger partial charge in [0.25, 0.3) is 0 Å². The lowest BCUT2D eigenvalue weighted by atomic mass is 10.1. The molecule has 0 radical (unpaired) electrons. The van der Waals surface area contributed by atoms with Crippen LogP contribution in [0.3, 0.4) is 0 Å². The second-order valence-corrected chi connectivity index (χ2v) is 5.61. The Balaban J connectivity index is 2.32. The van der Waals surface area contributed by atoms with Gasteiger partial charge in [0.1, 0.15) is 0 Å². The summed E-state index contributed by atoms with van der Waals surface area (Å²) in [5.74, 6) is 0. The summed E-state index contributed by atoms with van der Waals surface area (Å²) < 4.78 is 0.839. The maximum Gasteiger partial charge on any atom is 0.0961 e. The van der Waals surface area contributed by atoms with Crippen LogP contribution in [0.5, 0.6) is 0 Å². The van der Waals surface area contributed by atoms with Gasteiger partial charge in [-0.3, -0.25) is 0 Å². The molecular weight excluding hydrogens is 234 g/mol. The van der Waals surface area contributed by atoms with Crippen LogP contribution in [0.1, 0.15) is 22.0 Å². The normalized spacial score (nSPS) is 13.1. The van der Waals surface area contributed by atoms with Crippen LogP contribution in [0.25, 0.3) is 0 Å². The number of rotatable bonds is 2. The molecule has 74 valence electrons. The SMILES string of the molecule is Cc1cc(C(N)c2ccsc2)sc1Cl. The number of aryl methyl sites for hydroxylation is 1. The van der Waals surface area contributed by atoms with Crippen molar-refractivity contribution >= 4 is 34.3 Å². The smallest absolute Gasteiger partial charge is 0.0961 e. The van der Waals surface area contributed by atoms with Gasteiger partial charge >= 0.3 is 0 Å². The lowest BCUT2D eigenvalue weighted by Crippen LogP contribution is -2.08. The van der Waals surface area contributed by atoms with Crippen molar-refractivity contribution in [2.75, 3.05) is 0 Å². The number of hydrogen-bond donors (Lipinski definition) is 1. The molecule has 1 atom stereocenters. The quantitative estimate of drug-likeness (QED) is 0.853. The van der Waals surface area contributed by atoms with Crippen molar-refractivity contribution < 1.29 is 0 Å². The monoisotopic (exact) mass is 243 g/mol. The maximum absolute atomic E-state index is 6.10. The van der Waals surface area contributed by atoms with Crippen molar-refractivity contribution in [3.63, 3.8) is 0 Å². The van der Waals surface area contributed by atoms with Gasteiger partial charge in [-0.1, -0.05) is 11.6 Å². The van der Waals surface area contributed by atoms with Crippen molar-refractivity contribution in [3.05, 3.63) is 43.2 Å². The average molecular weight is 244 g/mol. The van der Waals surface area contributed by atoms with E-state index in [1.54, 1.807) is 22.7 Å². The first-order valence-electron chi connectivity index (χ1n) is 4.22. The lowest BCUT2D eigenvalue weighted by Gasteiger charge is -2.05. The third-order valence-electron chi connectivity index (χ3n) is 2.09. The molecule has 0 aliphatic rings. The number of halogens is 1. The van der Waals surface area contributed by atoms with Crippen LogP contribution in [-0.4, -0.2) is 0 Å². The minimum absolute atomic E-state index is 0.0301. The Morgan fingerprint density at radius 3 is 2.79 bits per heavy atom. The van der Waals surface area contributed by atoms with E-state index in [-0.39, 0.29) is 6.04 Å². The molecule has 1 unspecified atom stereocenters. The molecule has 2 N–H and O–H groups in total. The van der Waals surface area contributed by atoms with Crippen molar-refractivity contribution in [2.45, 2.75) is 13.0 Å². The van der Waals surface area contributed by atoms with Crippen molar-refractivity contribution in [1.82, 2.24) is 0 Å². The van der Waals surface area contributed by atoms with Gasteiger partial charge < -0.3 is 5.73 Å². The van der Waals surface area contributed by atoms with Gasteiger partial charge in [0.2, 0.25) is 0 Å². The zero-order chi connectivity index (χ0) is 10.1. The molecular formula is C10H10ClNS2. The molecule has 0 bridgehead atoms. The van der Waals surface area contributed by atoms with E-state index in [0.29, 0.717) is 0 Å². The van der Waals surface area contributed by atoms with Gasteiger partial charge in [-0.2, -0.15) is 11.3 Å². The van der Waals surface area contributed by atoms with E-state index in [0.717, 1.165) is 20.3 Å². The molecule has 0 amide bonds. The molecule has 0 spiro atoms. The summed E-state index contributed by atoms with van der Waals surface area (Å²) in [5.41, 5.74) is 8.37. The molecule has 2 heterocycles. The summed E-state index contributed by atoms with van der Waals surface area (Å²) in [6.07, 6.45) is 0. The first kappa shape index (κ1) is 10.2. The Labute approximate surface area is 96.1 Å². The summed E-state index contributed by atoms with van der Waals surface area (Å²) >= 11 is 9.23. The lowest BCUT2D eigenvalue weighted by molar-refractivity contribution is 0.898. The van der Waals surface area contributed by atoms with E-state index < -0.39 is 0 Å². The molecule has 2 rings (SSSR count). The first-order chi connectivity index (χ1) is 6.68. The Morgan fingerprint density at radius 2 is 2.29 bits per heavy atom. The highest BCUT2D eigenvalue weighted by Gasteiger charge is 2.13. The van der Waals surface area contributed by atoms with E-state index in [1.807, 2.05) is 12.3 Å². The molecule has 1 nitrogen and oxygen atoms in total. The number of thiophene rings is 2. The fourth-order valence-corrected chi connectivity index (χ4v) is 3.20. The Hall–Kier alpha value is -0.350. The minimum Gasteiger partial charge on any atom is -0.320 e. The zero-order valence-corrected chi connectivity index (χ0v) is 10.0. The molecule has 4 heteroatoms. The van der Waals surface area contributed by atoms with Crippen LogP contribution < -0.4 is 5.73 Å². The molecule has 0 aliphatic carbocycles.